The number of anilines is 2. The zero-order valence-corrected chi connectivity index (χ0v) is 9.97. The predicted molar refractivity (Wildman–Crippen MR) is 67.5 cm³/mol. The van der Waals surface area contributed by atoms with E-state index in [-0.39, 0.29) is 6.04 Å². The molecule has 0 saturated heterocycles. The second kappa shape index (κ2) is 5.21. The van der Waals surface area contributed by atoms with Crippen molar-refractivity contribution in [3.05, 3.63) is 23.8 Å². The minimum Gasteiger partial charge on any atom is -0.399 e. The number of carbonyl (C=O) groups excluding carboxylic acids is 1. The maximum Gasteiger partial charge on any atom is 0.250 e. The Balaban J connectivity index is 3.15. The Bertz CT molecular complexity index is 464. The van der Waals surface area contributed by atoms with Crippen LogP contribution in [0.5, 0.6) is 0 Å². The third kappa shape index (κ3) is 2.88. The zero-order chi connectivity index (χ0) is 13.0. The number of nitriles is 1. The van der Waals surface area contributed by atoms with E-state index in [1.165, 1.54) is 0 Å². The molecule has 1 aromatic carbocycles. The number of rotatable bonds is 4. The zero-order valence-electron chi connectivity index (χ0n) is 9.97. The third-order valence-corrected chi connectivity index (χ3v) is 2.72. The topological polar surface area (TPSA) is 96.1 Å². The van der Waals surface area contributed by atoms with Crippen LogP contribution in [0.2, 0.25) is 0 Å². The molecule has 0 fully saturated rings. The second-order valence-corrected chi connectivity index (χ2v) is 3.96. The fourth-order valence-corrected chi connectivity index (χ4v) is 1.56. The van der Waals surface area contributed by atoms with E-state index in [4.69, 9.17) is 16.7 Å². The fraction of sp³-hybridized carbons (Fsp3) is 0.333. The molecule has 5 heteroatoms. The lowest BCUT2D eigenvalue weighted by Gasteiger charge is -2.27. The predicted octanol–water partition coefficient (Wildman–Crippen LogP) is 1.11. The highest BCUT2D eigenvalue weighted by atomic mass is 16.1. The Hall–Kier alpha value is -2.22. The average molecular weight is 232 g/mol. The molecular formula is C12H16N4O. The highest BCUT2D eigenvalue weighted by Crippen LogP contribution is 2.24. The quantitative estimate of drug-likeness (QED) is 0.760. The molecular weight excluding hydrogens is 216 g/mol. The number of nitrogen functional groups attached to an aromatic ring is 1. The second-order valence-electron chi connectivity index (χ2n) is 3.96. The normalized spacial score (nSPS) is 11.6. The Morgan fingerprint density at radius 2 is 2.24 bits per heavy atom. The summed E-state index contributed by atoms with van der Waals surface area (Å²) in [5, 5.41) is 8.67. The lowest BCUT2D eigenvalue weighted by atomic mass is 10.1. The van der Waals surface area contributed by atoms with E-state index < -0.39 is 5.91 Å². The number of nitrogens with two attached hydrogens (primary N) is 2. The first-order valence-corrected chi connectivity index (χ1v) is 5.26. The molecule has 90 valence electrons. The number of amides is 1. The van der Waals surface area contributed by atoms with Crippen molar-refractivity contribution in [1.29, 1.82) is 5.26 Å². The molecule has 0 aromatic heterocycles. The van der Waals surface area contributed by atoms with Crippen molar-refractivity contribution < 1.29 is 4.79 Å². The first kappa shape index (κ1) is 12.8. The summed E-state index contributed by atoms with van der Waals surface area (Å²) in [6, 6.07) is 7.00. The van der Waals surface area contributed by atoms with Gasteiger partial charge in [0, 0.05) is 18.8 Å². The van der Waals surface area contributed by atoms with E-state index in [0.29, 0.717) is 23.4 Å². The third-order valence-electron chi connectivity index (χ3n) is 2.72. The van der Waals surface area contributed by atoms with Crippen LogP contribution >= 0.6 is 0 Å². The summed E-state index contributed by atoms with van der Waals surface area (Å²) in [7, 11) is 1.81. The molecule has 0 radical (unpaired) electrons. The van der Waals surface area contributed by atoms with Gasteiger partial charge < -0.3 is 16.4 Å². The number of hydrogen-bond donors (Lipinski definition) is 2. The smallest absolute Gasteiger partial charge is 0.250 e. The molecule has 4 N–H and O–H groups in total. The molecule has 1 rings (SSSR count). The van der Waals surface area contributed by atoms with Crippen molar-refractivity contribution in [2.75, 3.05) is 17.7 Å². The van der Waals surface area contributed by atoms with Crippen LogP contribution in [0.3, 0.4) is 0 Å². The van der Waals surface area contributed by atoms with Gasteiger partial charge in [0.15, 0.2) is 0 Å². The van der Waals surface area contributed by atoms with Crippen LogP contribution in [0, 0.1) is 11.3 Å². The molecule has 0 spiro atoms. The first-order chi connectivity index (χ1) is 7.97. The lowest BCUT2D eigenvalue weighted by molar-refractivity contribution is 0.100. The Labute approximate surface area is 101 Å². The molecule has 1 aromatic rings. The molecule has 1 unspecified atom stereocenters. The molecule has 17 heavy (non-hydrogen) atoms. The van der Waals surface area contributed by atoms with Crippen molar-refractivity contribution in [3.8, 4) is 6.07 Å². The maximum absolute atomic E-state index is 11.3. The maximum atomic E-state index is 11.3. The van der Waals surface area contributed by atoms with E-state index in [1.54, 1.807) is 18.2 Å². The summed E-state index contributed by atoms with van der Waals surface area (Å²) in [6.45, 7) is 1.90. The van der Waals surface area contributed by atoms with Gasteiger partial charge in [0.05, 0.1) is 23.7 Å². The van der Waals surface area contributed by atoms with Crippen molar-refractivity contribution in [3.63, 3.8) is 0 Å². The van der Waals surface area contributed by atoms with Gasteiger partial charge >= 0.3 is 0 Å². The first-order valence-electron chi connectivity index (χ1n) is 5.26. The van der Waals surface area contributed by atoms with Gasteiger partial charge in [-0.25, -0.2) is 0 Å². The molecule has 0 aliphatic heterocycles. The summed E-state index contributed by atoms with van der Waals surface area (Å²) in [5.41, 5.74) is 12.6. The van der Waals surface area contributed by atoms with E-state index in [1.807, 2.05) is 18.9 Å². The van der Waals surface area contributed by atoms with Crippen LogP contribution in [-0.2, 0) is 0 Å². The summed E-state index contributed by atoms with van der Waals surface area (Å²) >= 11 is 0. The molecule has 0 aliphatic carbocycles. The number of benzene rings is 1. The molecule has 0 saturated carbocycles. The standard InChI is InChI=1S/C12H16N4O/c1-8(5-6-13)16(2)11-7-9(14)3-4-10(11)12(15)17/h3-4,7-8H,5,14H2,1-2H3,(H2,15,17). The Kier molecular flexibility index (Phi) is 3.94. The van der Waals surface area contributed by atoms with E-state index >= 15 is 0 Å². The molecule has 0 aliphatic rings. The summed E-state index contributed by atoms with van der Waals surface area (Å²) < 4.78 is 0. The van der Waals surface area contributed by atoms with Crippen LogP contribution in [0.1, 0.15) is 23.7 Å². The van der Waals surface area contributed by atoms with Crippen LogP contribution < -0.4 is 16.4 Å². The van der Waals surface area contributed by atoms with Crippen LogP contribution in [-0.4, -0.2) is 19.0 Å². The summed E-state index contributed by atoms with van der Waals surface area (Å²) in [6.07, 6.45) is 0.365. The monoisotopic (exact) mass is 232 g/mol. The van der Waals surface area contributed by atoms with Gasteiger partial charge in [-0.2, -0.15) is 5.26 Å². The minimum absolute atomic E-state index is 0.0140. The van der Waals surface area contributed by atoms with Crippen LogP contribution in [0.4, 0.5) is 11.4 Å². The van der Waals surface area contributed by atoms with E-state index in [2.05, 4.69) is 6.07 Å². The van der Waals surface area contributed by atoms with Gasteiger partial charge in [-0.15, -0.1) is 0 Å². The van der Waals surface area contributed by atoms with Crippen molar-refractivity contribution in [1.82, 2.24) is 0 Å². The number of hydrogen-bond acceptors (Lipinski definition) is 4. The van der Waals surface area contributed by atoms with E-state index in [0.717, 1.165) is 0 Å². The summed E-state index contributed by atoms with van der Waals surface area (Å²) in [5.74, 6) is -0.504. The Morgan fingerprint density at radius 1 is 1.59 bits per heavy atom. The van der Waals surface area contributed by atoms with Gasteiger partial charge in [-0.05, 0) is 25.1 Å². The van der Waals surface area contributed by atoms with Crippen LogP contribution in [0.15, 0.2) is 18.2 Å². The average Bonchev–Trinajstić information content (AvgIpc) is 2.27. The van der Waals surface area contributed by atoms with Crippen LogP contribution in [0.25, 0.3) is 0 Å². The molecule has 5 nitrogen and oxygen atoms in total. The SMILES string of the molecule is CC(CC#N)N(C)c1cc(N)ccc1C(N)=O. The Morgan fingerprint density at radius 3 is 2.76 bits per heavy atom. The highest BCUT2D eigenvalue weighted by Gasteiger charge is 2.16. The molecule has 1 amide bonds. The summed E-state index contributed by atoms with van der Waals surface area (Å²) in [4.78, 5) is 13.1. The van der Waals surface area contributed by atoms with Crippen molar-refractivity contribution in [2.45, 2.75) is 19.4 Å². The van der Waals surface area contributed by atoms with Gasteiger partial charge in [-0.1, -0.05) is 0 Å². The molecule has 0 bridgehead atoms. The molecule has 0 heterocycles. The largest absolute Gasteiger partial charge is 0.399 e. The van der Waals surface area contributed by atoms with Crippen molar-refractivity contribution in [2.24, 2.45) is 5.73 Å². The fourth-order valence-electron chi connectivity index (χ4n) is 1.56. The number of primary amides is 1. The van der Waals surface area contributed by atoms with Gasteiger partial charge in [0.25, 0.3) is 5.91 Å². The highest BCUT2D eigenvalue weighted by molar-refractivity contribution is 5.99. The van der Waals surface area contributed by atoms with Gasteiger partial charge in [0.2, 0.25) is 0 Å². The minimum atomic E-state index is -0.504. The number of carbonyl (C=O) groups is 1. The van der Waals surface area contributed by atoms with Gasteiger partial charge in [-0.3, -0.25) is 4.79 Å². The lowest BCUT2D eigenvalue weighted by Crippen LogP contribution is -2.30. The number of nitrogens with zero attached hydrogens (tertiary/aromatic N) is 2. The van der Waals surface area contributed by atoms with Crippen molar-refractivity contribution >= 4 is 17.3 Å². The van der Waals surface area contributed by atoms with E-state index in [9.17, 15) is 4.79 Å². The van der Waals surface area contributed by atoms with Gasteiger partial charge in [0.1, 0.15) is 0 Å². The molecule has 1 atom stereocenters.